The summed E-state index contributed by atoms with van der Waals surface area (Å²) in [4.78, 5) is 22.5. The first-order chi connectivity index (χ1) is 9.83. The van der Waals surface area contributed by atoms with Crippen LogP contribution in [-0.2, 0) is 4.79 Å². The zero-order valence-electron chi connectivity index (χ0n) is 11.7. The highest BCUT2D eigenvalue weighted by Crippen LogP contribution is 2.14. The Morgan fingerprint density at radius 1 is 1.43 bits per heavy atom. The average molecular weight is 293 g/mol. The lowest BCUT2D eigenvalue weighted by Crippen LogP contribution is -2.42. The van der Waals surface area contributed by atoms with Crippen LogP contribution >= 0.6 is 0 Å². The van der Waals surface area contributed by atoms with Crippen molar-refractivity contribution in [1.82, 2.24) is 5.32 Å². The molecule has 0 heterocycles. The number of rotatable bonds is 5. The molecule has 3 N–H and O–H groups in total. The maximum Gasteiger partial charge on any atom is 0.319 e. The minimum Gasteiger partial charge on any atom is -0.481 e. The summed E-state index contributed by atoms with van der Waals surface area (Å²) in [6, 6.07) is 4.13. The van der Waals surface area contributed by atoms with Crippen LogP contribution in [0.15, 0.2) is 18.2 Å². The molecule has 1 atom stereocenters. The third kappa shape index (κ3) is 5.10. The van der Waals surface area contributed by atoms with Crippen LogP contribution in [0.5, 0.6) is 0 Å². The molecule has 0 bridgehead atoms. The van der Waals surface area contributed by atoms with E-state index in [0.29, 0.717) is 0 Å². The number of hydrogen-bond donors (Lipinski definition) is 3. The summed E-state index contributed by atoms with van der Waals surface area (Å²) < 4.78 is 13.2. The molecule has 21 heavy (non-hydrogen) atoms. The van der Waals surface area contributed by atoms with Gasteiger partial charge in [-0.25, -0.2) is 9.18 Å². The largest absolute Gasteiger partial charge is 0.481 e. The van der Waals surface area contributed by atoms with Gasteiger partial charge in [-0.3, -0.25) is 4.79 Å². The lowest BCUT2D eigenvalue weighted by atomic mass is 10.0. The Morgan fingerprint density at radius 3 is 2.62 bits per heavy atom. The maximum absolute atomic E-state index is 13.2. The fourth-order valence-electron chi connectivity index (χ4n) is 1.67. The van der Waals surface area contributed by atoms with E-state index in [1.165, 1.54) is 12.1 Å². The summed E-state index contributed by atoms with van der Waals surface area (Å²) >= 11 is 0. The number of amides is 2. The number of hydrogen-bond acceptors (Lipinski definition) is 3. The van der Waals surface area contributed by atoms with Crippen molar-refractivity contribution in [3.8, 4) is 6.07 Å². The molecule has 0 fully saturated rings. The number of halogens is 1. The first kappa shape index (κ1) is 16.4. The molecular weight excluding hydrogens is 277 g/mol. The minimum atomic E-state index is -1.01. The third-order valence-corrected chi connectivity index (χ3v) is 2.86. The van der Waals surface area contributed by atoms with Crippen molar-refractivity contribution >= 4 is 17.7 Å². The van der Waals surface area contributed by atoms with Crippen LogP contribution in [-0.4, -0.2) is 23.1 Å². The molecule has 0 spiro atoms. The van der Waals surface area contributed by atoms with Gasteiger partial charge in [0.05, 0.1) is 12.0 Å². The summed E-state index contributed by atoms with van der Waals surface area (Å²) in [7, 11) is 0. The van der Waals surface area contributed by atoms with E-state index in [9.17, 15) is 14.0 Å². The van der Waals surface area contributed by atoms with Crippen LogP contribution in [0, 0.1) is 23.1 Å². The number of carboxylic acids is 1. The van der Waals surface area contributed by atoms with Crippen molar-refractivity contribution < 1.29 is 19.1 Å². The molecule has 0 aliphatic carbocycles. The number of carbonyl (C=O) groups is 2. The van der Waals surface area contributed by atoms with Crippen LogP contribution in [0.1, 0.15) is 25.8 Å². The number of carbonyl (C=O) groups excluding carboxylic acids is 1. The van der Waals surface area contributed by atoms with Crippen molar-refractivity contribution in [2.75, 3.05) is 5.32 Å². The van der Waals surface area contributed by atoms with Crippen molar-refractivity contribution in [2.45, 2.75) is 26.3 Å². The SMILES string of the molecule is CC(C)C(CC(=O)O)NC(=O)Nc1ccc(F)c(C#N)c1. The van der Waals surface area contributed by atoms with E-state index in [1.54, 1.807) is 19.9 Å². The second-order valence-corrected chi connectivity index (χ2v) is 4.85. The number of anilines is 1. The van der Waals surface area contributed by atoms with Crippen molar-refractivity contribution in [3.05, 3.63) is 29.6 Å². The molecule has 0 radical (unpaired) electrons. The first-order valence-electron chi connectivity index (χ1n) is 6.32. The highest BCUT2D eigenvalue weighted by Gasteiger charge is 2.19. The van der Waals surface area contributed by atoms with Gasteiger partial charge in [-0.2, -0.15) is 5.26 Å². The zero-order chi connectivity index (χ0) is 16.0. The van der Waals surface area contributed by atoms with Crippen molar-refractivity contribution in [3.63, 3.8) is 0 Å². The van der Waals surface area contributed by atoms with Gasteiger partial charge in [0, 0.05) is 11.7 Å². The predicted molar refractivity (Wildman–Crippen MR) is 74.1 cm³/mol. The molecule has 6 nitrogen and oxygen atoms in total. The smallest absolute Gasteiger partial charge is 0.319 e. The summed E-state index contributed by atoms with van der Waals surface area (Å²) in [5, 5.41) is 22.5. The van der Waals surface area contributed by atoms with Gasteiger partial charge in [0.25, 0.3) is 0 Å². The van der Waals surface area contributed by atoms with Gasteiger partial charge < -0.3 is 15.7 Å². The van der Waals surface area contributed by atoms with E-state index in [2.05, 4.69) is 10.6 Å². The number of nitrogens with zero attached hydrogens (tertiary/aromatic N) is 1. The third-order valence-electron chi connectivity index (χ3n) is 2.86. The number of benzene rings is 1. The highest BCUT2D eigenvalue weighted by atomic mass is 19.1. The molecule has 1 rings (SSSR count). The second kappa shape index (κ2) is 7.24. The minimum absolute atomic E-state index is 0.0604. The average Bonchev–Trinajstić information content (AvgIpc) is 2.39. The van der Waals surface area contributed by atoms with E-state index in [1.807, 2.05) is 0 Å². The van der Waals surface area contributed by atoms with E-state index < -0.39 is 23.9 Å². The Bertz CT molecular complexity index is 581. The number of urea groups is 1. The lowest BCUT2D eigenvalue weighted by molar-refractivity contribution is -0.137. The van der Waals surface area contributed by atoms with Crippen LogP contribution in [0.4, 0.5) is 14.9 Å². The van der Waals surface area contributed by atoms with E-state index >= 15 is 0 Å². The Morgan fingerprint density at radius 2 is 2.10 bits per heavy atom. The van der Waals surface area contributed by atoms with Gasteiger partial charge in [0.15, 0.2) is 0 Å². The molecule has 0 aromatic heterocycles. The molecule has 0 saturated carbocycles. The molecular formula is C14H16FN3O3. The summed E-state index contributed by atoms with van der Waals surface area (Å²) in [5.74, 6) is -1.74. The summed E-state index contributed by atoms with van der Waals surface area (Å²) in [6.07, 6.45) is -0.196. The van der Waals surface area contributed by atoms with Crippen LogP contribution in [0.2, 0.25) is 0 Å². The predicted octanol–water partition coefficient (Wildman–Crippen LogP) is 2.32. The standard InChI is InChI=1S/C14H16FN3O3/c1-8(2)12(6-13(19)20)18-14(21)17-10-3-4-11(15)9(5-10)7-16/h3-5,8,12H,6H2,1-2H3,(H,19,20)(H2,17,18,21). The number of nitriles is 1. The Kier molecular flexibility index (Phi) is 5.67. The number of aliphatic carboxylic acids is 1. The Hall–Kier alpha value is -2.62. The molecule has 7 heteroatoms. The second-order valence-electron chi connectivity index (χ2n) is 4.85. The molecule has 1 unspecified atom stereocenters. The molecule has 1 aromatic carbocycles. The van der Waals surface area contributed by atoms with Gasteiger partial charge in [-0.05, 0) is 24.1 Å². The van der Waals surface area contributed by atoms with Gasteiger partial charge in [0.1, 0.15) is 11.9 Å². The highest BCUT2D eigenvalue weighted by molar-refractivity contribution is 5.90. The van der Waals surface area contributed by atoms with Gasteiger partial charge in [0.2, 0.25) is 0 Å². The quantitative estimate of drug-likeness (QED) is 0.775. The fourth-order valence-corrected chi connectivity index (χ4v) is 1.67. The first-order valence-corrected chi connectivity index (χ1v) is 6.32. The molecule has 2 amide bonds. The summed E-state index contributed by atoms with van der Waals surface area (Å²) in [5.41, 5.74) is 0.0713. The Labute approximate surface area is 121 Å². The molecule has 1 aromatic rings. The van der Waals surface area contributed by atoms with Crippen LogP contribution in [0.3, 0.4) is 0 Å². The monoisotopic (exact) mass is 293 g/mol. The topological polar surface area (TPSA) is 102 Å². The molecule has 0 aliphatic heterocycles. The van der Waals surface area contributed by atoms with Crippen LogP contribution < -0.4 is 10.6 Å². The zero-order valence-corrected chi connectivity index (χ0v) is 11.7. The lowest BCUT2D eigenvalue weighted by Gasteiger charge is -2.20. The van der Waals surface area contributed by atoms with E-state index in [4.69, 9.17) is 10.4 Å². The summed E-state index contributed by atoms with van der Waals surface area (Å²) in [6.45, 7) is 3.58. The fraction of sp³-hybridized carbons (Fsp3) is 0.357. The van der Waals surface area contributed by atoms with Gasteiger partial charge in [-0.1, -0.05) is 13.8 Å². The Balaban J connectivity index is 2.72. The number of carboxylic acid groups (broad SMARTS) is 1. The van der Waals surface area contributed by atoms with Crippen LogP contribution in [0.25, 0.3) is 0 Å². The molecule has 0 saturated heterocycles. The number of nitrogens with one attached hydrogen (secondary N) is 2. The maximum atomic E-state index is 13.2. The van der Waals surface area contributed by atoms with Gasteiger partial charge >= 0.3 is 12.0 Å². The van der Waals surface area contributed by atoms with Crippen molar-refractivity contribution in [1.29, 1.82) is 5.26 Å². The van der Waals surface area contributed by atoms with Gasteiger partial charge in [-0.15, -0.1) is 0 Å². The molecule has 0 aliphatic rings. The van der Waals surface area contributed by atoms with E-state index in [0.717, 1.165) is 6.07 Å². The van der Waals surface area contributed by atoms with Crippen molar-refractivity contribution in [2.24, 2.45) is 5.92 Å². The molecule has 112 valence electrons. The normalized spacial score (nSPS) is 11.6. The van der Waals surface area contributed by atoms with E-state index in [-0.39, 0.29) is 23.6 Å².